The van der Waals surface area contributed by atoms with E-state index in [1.165, 1.54) is 4.68 Å². The van der Waals surface area contributed by atoms with Crippen LogP contribution >= 0.6 is 0 Å². The van der Waals surface area contributed by atoms with Crippen LogP contribution in [0.2, 0.25) is 0 Å². The average molecular weight is 292 g/mol. The van der Waals surface area contributed by atoms with Crippen molar-refractivity contribution in [2.75, 3.05) is 5.32 Å². The smallest absolute Gasteiger partial charge is 0.334 e. The Morgan fingerprint density at radius 3 is 2.71 bits per heavy atom. The Balaban J connectivity index is 2.24. The third-order valence-corrected chi connectivity index (χ3v) is 3.25. The van der Waals surface area contributed by atoms with E-state index in [9.17, 15) is 10.1 Å². The van der Waals surface area contributed by atoms with Gasteiger partial charge in [-0.3, -0.25) is 10.1 Å². The van der Waals surface area contributed by atoms with Crippen LogP contribution in [0.25, 0.3) is 0 Å². The summed E-state index contributed by atoms with van der Waals surface area (Å²) in [5.41, 5.74) is 0.550. The van der Waals surface area contributed by atoms with Crippen molar-refractivity contribution in [1.82, 2.24) is 9.78 Å². The number of nitrogens with zero attached hydrogens (tertiary/aromatic N) is 3. The summed E-state index contributed by atoms with van der Waals surface area (Å²) < 4.78 is 6.83. The fourth-order valence-corrected chi connectivity index (χ4v) is 2.28. The minimum atomic E-state index is -0.371. The van der Waals surface area contributed by atoms with E-state index in [0.717, 1.165) is 5.76 Å². The number of aromatic nitrogens is 2. The molecule has 0 fully saturated rings. The van der Waals surface area contributed by atoms with Crippen molar-refractivity contribution in [2.24, 2.45) is 7.05 Å². The Morgan fingerprint density at radius 1 is 1.48 bits per heavy atom. The number of rotatable bonds is 6. The lowest BCUT2D eigenvalue weighted by Crippen LogP contribution is -2.20. The average Bonchev–Trinajstić information content (AvgIpc) is 2.98. The summed E-state index contributed by atoms with van der Waals surface area (Å²) in [5, 5.41) is 18.8. The molecule has 0 spiro atoms. The lowest BCUT2D eigenvalue weighted by atomic mass is 10.1. The maximum atomic E-state index is 11.4. The molecule has 7 heteroatoms. The Morgan fingerprint density at radius 2 is 2.19 bits per heavy atom. The first-order valence-electron chi connectivity index (χ1n) is 6.90. The van der Waals surface area contributed by atoms with Gasteiger partial charge in [-0.05, 0) is 19.1 Å². The molecule has 2 aromatic rings. The molecule has 2 rings (SSSR count). The van der Waals surface area contributed by atoms with Gasteiger partial charge in [0.1, 0.15) is 11.5 Å². The Bertz CT molecular complexity index is 616. The molecule has 0 bridgehead atoms. The van der Waals surface area contributed by atoms with Gasteiger partial charge in [0.05, 0.1) is 11.2 Å². The van der Waals surface area contributed by atoms with Crippen LogP contribution in [0.1, 0.15) is 38.1 Å². The van der Waals surface area contributed by atoms with Gasteiger partial charge >= 0.3 is 5.69 Å². The number of anilines is 1. The minimum absolute atomic E-state index is 0.00692. The van der Waals surface area contributed by atoms with E-state index in [1.54, 1.807) is 13.3 Å². The molecule has 0 saturated heterocycles. The number of furan rings is 1. The van der Waals surface area contributed by atoms with Gasteiger partial charge in [-0.2, -0.15) is 5.10 Å². The van der Waals surface area contributed by atoms with Crippen LogP contribution in [0.15, 0.2) is 22.8 Å². The Kier molecular flexibility index (Phi) is 4.30. The highest BCUT2D eigenvalue weighted by atomic mass is 16.6. The minimum Gasteiger partial charge on any atom is -0.469 e. The standard InChI is InChI=1S/C14H20N4O3/c1-9(2)12-13(18(19)20)14(17(4)16-12)15-10(3)8-11-6-5-7-21-11/h5-7,9-10,15H,8H2,1-4H3. The molecule has 0 saturated carbocycles. The molecule has 0 aliphatic heterocycles. The number of hydrogen-bond donors (Lipinski definition) is 1. The van der Waals surface area contributed by atoms with E-state index in [1.807, 2.05) is 32.9 Å². The van der Waals surface area contributed by atoms with Crippen LogP contribution < -0.4 is 5.32 Å². The topological polar surface area (TPSA) is 86.1 Å². The van der Waals surface area contributed by atoms with Crippen molar-refractivity contribution in [3.63, 3.8) is 0 Å². The van der Waals surface area contributed by atoms with E-state index in [-0.39, 0.29) is 22.6 Å². The van der Waals surface area contributed by atoms with Gasteiger partial charge in [0.2, 0.25) is 5.82 Å². The van der Waals surface area contributed by atoms with E-state index < -0.39 is 0 Å². The van der Waals surface area contributed by atoms with Crippen molar-refractivity contribution in [3.05, 3.63) is 40.0 Å². The van der Waals surface area contributed by atoms with Crippen molar-refractivity contribution >= 4 is 11.5 Å². The SMILES string of the molecule is CC(Cc1ccco1)Nc1c([N+](=O)[O-])c(C(C)C)nn1C. The zero-order chi connectivity index (χ0) is 15.6. The molecule has 2 heterocycles. The molecular weight excluding hydrogens is 272 g/mol. The normalized spacial score (nSPS) is 12.6. The molecule has 1 N–H and O–H groups in total. The zero-order valence-corrected chi connectivity index (χ0v) is 12.7. The first kappa shape index (κ1) is 15.1. The Hall–Kier alpha value is -2.31. The molecule has 7 nitrogen and oxygen atoms in total. The van der Waals surface area contributed by atoms with E-state index in [4.69, 9.17) is 4.42 Å². The molecule has 114 valence electrons. The lowest BCUT2D eigenvalue weighted by molar-refractivity contribution is -0.384. The quantitative estimate of drug-likeness (QED) is 0.653. The lowest BCUT2D eigenvalue weighted by Gasteiger charge is -2.13. The van der Waals surface area contributed by atoms with Crippen LogP contribution in [0, 0.1) is 10.1 Å². The summed E-state index contributed by atoms with van der Waals surface area (Å²) >= 11 is 0. The van der Waals surface area contributed by atoms with Crippen molar-refractivity contribution in [3.8, 4) is 0 Å². The summed E-state index contributed by atoms with van der Waals surface area (Å²) in [6, 6.07) is 3.70. The van der Waals surface area contributed by atoms with Gasteiger partial charge in [0.25, 0.3) is 0 Å². The largest absolute Gasteiger partial charge is 0.469 e. The molecule has 0 aromatic carbocycles. The molecule has 2 aromatic heterocycles. The highest BCUT2D eigenvalue weighted by Crippen LogP contribution is 2.33. The highest BCUT2D eigenvalue weighted by Gasteiger charge is 2.29. The van der Waals surface area contributed by atoms with Gasteiger partial charge in [-0.25, -0.2) is 4.68 Å². The molecule has 21 heavy (non-hydrogen) atoms. The van der Waals surface area contributed by atoms with Gasteiger partial charge in [-0.15, -0.1) is 0 Å². The fourth-order valence-electron chi connectivity index (χ4n) is 2.28. The van der Waals surface area contributed by atoms with E-state index >= 15 is 0 Å². The third-order valence-electron chi connectivity index (χ3n) is 3.25. The van der Waals surface area contributed by atoms with Crippen LogP contribution in [-0.4, -0.2) is 20.7 Å². The number of nitrogens with one attached hydrogen (secondary N) is 1. The second kappa shape index (κ2) is 5.99. The van der Waals surface area contributed by atoms with Gasteiger partial charge in [0, 0.05) is 25.4 Å². The van der Waals surface area contributed by atoms with Crippen molar-refractivity contribution in [1.29, 1.82) is 0 Å². The summed E-state index contributed by atoms with van der Waals surface area (Å²) in [7, 11) is 1.71. The molecule has 0 aliphatic rings. The summed E-state index contributed by atoms with van der Waals surface area (Å²) in [6.07, 6.45) is 2.26. The van der Waals surface area contributed by atoms with Crippen molar-refractivity contribution < 1.29 is 9.34 Å². The molecular formula is C14H20N4O3. The predicted octanol–water partition coefficient (Wildman–Crippen LogP) is 3.09. The second-order valence-electron chi connectivity index (χ2n) is 5.45. The van der Waals surface area contributed by atoms with Gasteiger partial charge in [-0.1, -0.05) is 13.8 Å². The maximum absolute atomic E-state index is 11.4. The van der Waals surface area contributed by atoms with Crippen LogP contribution in [0.5, 0.6) is 0 Å². The number of nitro groups is 1. The summed E-state index contributed by atoms with van der Waals surface area (Å²) in [5.74, 6) is 1.26. The maximum Gasteiger partial charge on any atom is 0.334 e. The second-order valence-corrected chi connectivity index (χ2v) is 5.45. The summed E-state index contributed by atoms with van der Waals surface area (Å²) in [4.78, 5) is 11.0. The predicted molar refractivity (Wildman–Crippen MR) is 79.4 cm³/mol. The first-order chi connectivity index (χ1) is 9.90. The highest BCUT2D eigenvalue weighted by molar-refractivity contribution is 5.61. The van der Waals surface area contributed by atoms with Gasteiger partial charge in [0.15, 0.2) is 0 Å². The number of hydrogen-bond acceptors (Lipinski definition) is 5. The molecule has 0 amide bonds. The fraction of sp³-hybridized carbons (Fsp3) is 0.500. The molecule has 0 radical (unpaired) electrons. The van der Waals surface area contributed by atoms with E-state index in [0.29, 0.717) is 17.9 Å². The van der Waals surface area contributed by atoms with Crippen LogP contribution in [0.4, 0.5) is 11.5 Å². The van der Waals surface area contributed by atoms with Gasteiger partial charge < -0.3 is 9.73 Å². The van der Waals surface area contributed by atoms with Crippen molar-refractivity contribution in [2.45, 2.75) is 39.2 Å². The Labute approximate surface area is 123 Å². The molecule has 1 atom stereocenters. The van der Waals surface area contributed by atoms with Crippen LogP contribution in [-0.2, 0) is 13.5 Å². The number of aryl methyl sites for hydroxylation is 1. The third kappa shape index (κ3) is 3.24. The molecule has 0 aliphatic carbocycles. The van der Waals surface area contributed by atoms with Crippen LogP contribution in [0.3, 0.4) is 0 Å². The summed E-state index contributed by atoms with van der Waals surface area (Å²) in [6.45, 7) is 5.74. The van der Waals surface area contributed by atoms with E-state index in [2.05, 4.69) is 10.4 Å². The monoisotopic (exact) mass is 292 g/mol. The first-order valence-corrected chi connectivity index (χ1v) is 6.90. The zero-order valence-electron chi connectivity index (χ0n) is 12.7. The molecule has 1 unspecified atom stereocenters.